The molecule has 0 unspecified atom stereocenters. The zero-order valence-corrected chi connectivity index (χ0v) is 16.9. The molecule has 6 rings (SSSR count). The number of hydrogen-bond donors (Lipinski definition) is 1. The first-order valence-corrected chi connectivity index (χ1v) is 10.3. The highest BCUT2D eigenvalue weighted by molar-refractivity contribution is 5.93. The lowest BCUT2D eigenvalue weighted by Crippen LogP contribution is -2.39. The second-order valence-corrected chi connectivity index (χ2v) is 8.11. The lowest BCUT2D eigenvalue weighted by Gasteiger charge is -2.39. The van der Waals surface area contributed by atoms with Gasteiger partial charge in [-0.05, 0) is 60.8 Å². The Morgan fingerprint density at radius 2 is 1.77 bits per heavy atom. The molecular weight excluding hydrogens is 379 g/mol. The van der Waals surface area contributed by atoms with Gasteiger partial charge < -0.3 is 5.32 Å². The van der Waals surface area contributed by atoms with Crippen LogP contribution in [0.5, 0.6) is 0 Å². The Bertz CT molecular complexity index is 1090. The first-order valence-electron chi connectivity index (χ1n) is 10.3. The minimum atomic E-state index is -0.200. The van der Waals surface area contributed by atoms with Gasteiger partial charge in [-0.2, -0.15) is 0 Å². The number of rotatable bonds is 3. The van der Waals surface area contributed by atoms with Gasteiger partial charge in [0.05, 0.1) is 5.56 Å². The molecule has 6 heteroatoms. The quantitative estimate of drug-likeness (QED) is 0.728. The lowest BCUT2D eigenvalue weighted by atomic mass is 9.68. The zero-order valence-electron chi connectivity index (χ0n) is 16.9. The highest BCUT2D eigenvalue weighted by atomic mass is 19.1. The van der Waals surface area contributed by atoms with Crippen molar-refractivity contribution in [3.63, 3.8) is 0 Å². The van der Waals surface area contributed by atoms with Gasteiger partial charge in [0.15, 0.2) is 5.82 Å². The fourth-order valence-corrected chi connectivity index (χ4v) is 4.89. The third-order valence-corrected chi connectivity index (χ3v) is 6.52. The van der Waals surface area contributed by atoms with E-state index < -0.39 is 0 Å². The van der Waals surface area contributed by atoms with Gasteiger partial charge in [-0.1, -0.05) is 24.3 Å². The average molecular weight is 402 g/mol. The second kappa shape index (κ2) is 7.29. The number of piperidine rings is 1. The van der Waals surface area contributed by atoms with Crippen molar-refractivity contribution in [2.24, 2.45) is 0 Å². The van der Waals surface area contributed by atoms with E-state index in [-0.39, 0.29) is 17.1 Å². The summed E-state index contributed by atoms with van der Waals surface area (Å²) in [6.45, 7) is 2.94. The smallest absolute Gasteiger partial charge is 0.254 e. The summed E-state index contributed by atoms with van der Waals surface area (Å²) in [5, 5.41) is 2.58. The molecule has 0 atom stereocenters. The molecule has 0 spiro atoms. The van der Waals surface area contributed by atoms with Crippen LogP contribution in [0.2, 0.25) is 0 Å². The Balaban J connectivity index is 1.57. The Kier molecular flexibility index (Phi) is 4.59. The van der Waals surface area contributed by atoms with Crippen LogP contribution in [0, 0.1) is 5.82 Å². The van der Waals surface area contributed by atoms with Crippen molar-refractivity contribution in [3.8, 4) is 11.4 Å². The number of carbonyl (C=O) groups is 1. The van der Waals surface area contributed by atoms with E-state index in [9.17, 15) is 9.18 Å². The van der Waals surface area contributed by atoms with Crippen LogP contribution in [0.25, 0.3) is 11.4 Å². The van der Waals surface area contributed by atoms with Crippen molar-refractivity contribution in [2.45, 2.75) is 24.8 Å². The van der Waals surface area contributed by atoms with Crippen molar-refractivity contribution in [3.05, 3.63) is 82.9 Å². The molecule has 30 heavy (non-hydrogen) atoms. The molecule has 3 aliphatic heterocycles. The van der Waals surface area contributed by atoms with E-state index in [1.807, 2.05) is 12.1 Å². The van der Waals surface area contributed by atoms with Crippen LogP contribution < -0.4 is 5.32 Å². The first-order chi connectivity index (χ1) is 14.6. The molecule has 2 bridgehead atoms. The topological polar surface area (TPSA) is 58.1 Å². The number of benzene rings is 2. The van der Waals surface area contributed by atoms with E-state index >= 15 is 0 Å². The molecule has 1 fully saturated rings. The fraction of sp³-hybridized carbons (Fsp3) is 0.292. The van der Waals surface area contributed by atoms with Gasteiger partial charge in [0.25, 0.3) is 5.91 Å². The molecule has 1 amide bonds. The molecule has 3 aromatic rings. The predicted molar refractivity (Wildman–Crippen MR) is 113 cm³/mol. The fourth-order valence-electron chi connectivity index (χ4n) is 4.89. The third kappa shape index (κ3) is 3.08. The van der Waals surface area contributed by atoms with Gasteiger partial charge in [-0.15, -0.1) is 0 Å². The van der Waals surface area contributed by atoms with Gasteiger partial charge in [-0.25, -0.2) is 14.4 Å². The normalized spacial score (nSPS) is 22.3. The van der Waals surface area contributed by atoms with Crippen molar-refractivity contribution in [1.82, 2.24) is 20.2 Å². The van der Waals surface area contributed by atoms with Gasteiger partial charge in [0, 0.05) is 37.0 Å². The highest BCUT2D eigenvalue weighted by Crippen LogP contribution is 2.46. The third-order valence-electron chi connectivity index (χ3n) is 6.52. The van der Waals surface area contributed by atoms with E-state index in [1.54, 1.807) is 31.6 Å². The van der Waals surface area contributed by atoms with E-state index in [0.717, 1.165) is 38.0 Å². The maximum absolute atomic E-state index is 13.6. The van der Waals surface area contributed by atoms with Crippen LogP contribution in [-0.4, -0.2) is 40.9 Å². The molecule has 152 valence electrons. The summed E-state index contributed by atoms with van der Waals surface area (Å²) in [5.74, 6) is 0.205. The summed E-state index contributed by atoms with van der Waals surface area (Å²) in [5.41, 5.74) is 5.07. The van der Waals surface area contributed by atoms with Crippen LogP contribution in [0.1, 0.15) is 39.9 Å². The summed E-state index contributed by atoms with van der Waals surface area (Å²) in [6.07, 6.45) is 5.17. The zero-order chi connectivity index (χ0) is 20.7. The number of hydrogen-bond acceptors (Lipinski definition) is 4. The predicted octanol–water partition coefficient (Wildman–Crippen LogP) is 3.54. The van der Waals surface area contributed by atoms with Crippen molar-refractivity contribution >= 4 is 5.91 Å². The minimum absolute atomic E-state index is 0.0848. The maximum Gasteiger partial charge on any atom is 0.254 e. The molecule has 4 heterocycles. The maximum atomic E-state index is 13.6. The Labute approximate surface area is 175 Å². The first kappa shape index (κ1) is 18.9. The summed E-state index contributed by atoms with van der Waals surface area (Å²) < 4.78 is 13.6. The molecule has 1 N–H and O–H groups in total. The number of nitrogens with one attached hydrogen (secondary N) is 1. The summed E-state index contributed by atoms with van der Waals surface area (Å²) in [6, 6.07) is 13.4. The average Bonchev–Trinajstić information content (AvgIpc) is 3.05. The minimum Gasteiger partial charge on any atom is -0.355 e. The largest absolute Gasteiger partial charge is 0.355 e. The van der Waals surface area contributed by atoms with Gasteiger partial charge in [0.1, 0.15) is 5.82 Å². The standard InChI is InChI=1S/C24H23FN4O/c1-26-23(30)18-13-27-22(28-14-18)16-2-7-21-17(12-16)15-29-10-8-24(21,9-11-29)19-3-5-20(25)6-4-19/h2-7,12-14H,8-11,15H2,1H3,(H,26,30). The molecule has 3 aliphatic rings. The van der Waals surface area contributed by atoms with Gasteiger partial charge in [0.2, 0.25) is 0 Å². The Morgan fingerprint density at radius 3 is 2.43 bits per heavy atom. The van der Waals surface area contributed by atoms with E-state index in [4.69, 9.17) is 0 Å². The number of nitrogens with zero attached hydrogens (tertiary/aromatic N) is 3. The van der Waals surface area contributed by atoms with E-state index in [1.165, 1.54) is 16.7 Å². The monoisotopic (exact) mass is 402 g/mol. The number of carbonyl (C=O) groups excluding carboxylic acids is 1. The molecule has 0 saturated carbocycles. The lowest BCUT2D eigenvalue weighted by molar-refractivity contribution is 0.0962. The molecule has 0 aliphatic carbocycles. The molecular formula is C24H23FN4O. The van der Waals surface area contributed by atoms with E-state index in [0.29, 0.717) is 11.4 Å². The van der Waals surface area contributed by atoms with Crippen LogP contribution in [-0.2, 0) is 12.0 Å². The highest BCUT2D eigenvalue weighted by Gasteiger charge is 2.42. The van der Waals surface area contributed by atoms with Crippen LogP contribution in [0.3, 0.4) is 0 Å². The second-order valence-electron chi connectivity index (χ2n) is 8.11. The SMILES string of the molecule is CNC(=O)c1cnc(-c2ccc3c(c2)CN2CCC3(c3ccc(F)cc3)CC2)nc1. The van der Waals surface area contributed by atoms with Crippen LogP contribution in [0.15, 0.2) is 54.9 Å². The molecule has 1 aromatic heterocycles. The van der Waals surface area contributed by atoms with Gasteiger partial charge >= 0.3 is 0 Å². The van der Waals surface area contributed by atoms with Crippen molar-refractivity contribution in [2.75, 3.05) is 20.1 Å². The molecule has 0 radical (unpaired) electrons. The summed E-state index contributed by atoms with van der Waals surface area (Å²) in [7, 11) is 1.59. The summed E-state index contributed by atoms with van der Waals surface area (Å²) >= 11 is 0. The number of amides is 1. The number of fused-ring (bicyclic) bond motifs is 2. The van der Waals surface area contributed by atoms with E-state index in [2.05, 4.69) is 38.4 Å². The van der Waals surface area contributed by atoms with Crippen LogP contribution >= 0.6 is 0 Å². The Morgan fingerprint density at radius 1 is 1.07 bits per heavy atom. The van der Waals surface area contributed by atoms with Crippen molar-refractivity contribution < 1.29 is 9.18 Å². The summed E-state index contributed by atoms with van der Waals surface area (Å²) in [4.78, 5) is 23.0. The molecule has 2 aromatic carbocycles. The molecule has 5 nitrogen and oxygen atoms in total. The van der Waals surface area contributed by atoms with Crippen LogP contribution in [0.4, 0.5) is 4.39 Å². The number of halogens is 1. The Hall–Kier alpha value is -3.12. The molecule has 1 saturated heterocycles. The van der Waals surface area contributed by atoms with Crippen molar-refractivity contribution in [1.29, 1.82) is 0 Å². The number of aromatic nitrogens is 2. The van der Waals surface area contributed by atoms with Gasteiger partial charge in [-0.3, -0.25) is 9.69 Å².